The predicted molar refractivity (Wildman–Crippen MR) is 34.3 cm³/mol. The van der Waals surface area contributed by atoms with Crippen LogP contribution in [0.4, 0.5) is 0 Å². The lowest BCUT2D eigenvalue weighted by molar-refractivity contribution is -0.147. The number of aldehydes is 1. The van der Waals surface area contributed by atoms with E-state index in [0.29, 0.717) is 6.42 Å². The quantitative estimate of drug-likeness (QED) is 0.413. The van der Waals surface area contributed by atoms with E-state index in [-0.39, 0.29) is 11.9 Å². The van der Waals surface area contributed by atoms with Gasteiger partial charge in [-0.25, -0.2) is 0 Å². The first-order valence-electron chi connectivity index (χ1n) is 3.19. The summed E-state index contributed by atoms with van der Waals surface area (Å²) in [6.07, 6.45) is 1.46. The van der Waals surface area contributed by atoms with Crippen molar-refractivity contribution in [3.05, 3.63) is 0 Å². The molecule has 0 aliphatic heterocycles. The van der Waals surface area contributed by atoms with Crippen LogP contribution in [0.2, 0.25) is 0 Å². The standard InChI is InChI=1S/C7H10O3/c1-7(6(9)10-2)3-5(7)4-8/h4-5H,3H2,1-2H3/t5-,7+/m1/s1. The molecule has 3 nitrogen and oxygen atoms in total. The van der Waals surface area contributed by atoms with Gasteiger partial charge in [-0.05, 0) is 13.3 Å². The van der Waals surface area contributed by atoms with Gasteiger partial charge in [-0.15, -0.1) is 0 Å². The van der Waals surface area contributed by atoms with Crippen LogP contribution in [-0.2, 0) is 14.3 Å². The summed E-state index contributed by atoms with van der Waals surface area (Å²) in [5.41, 5.74) is -0.503. The molecule has 1 rings (SSSR count). The van der Waals surface area contributed by atoms with Crippen molar-refractivity contribution >= 4 is 12.3 Å². The van der Waals surface area contributed by atoms with Gasteiger partial charge >= 0.3 is 5.97 Å². The summed E-state index contributed by atoms with van der Waals surface area (Å²) in [4.78, 5) is 21.1. The highest BCUT2D eigenvalue weighted by molar-refractivity contribution is 5.85. The Balaban J connectivity index is 2.58. The predicted octanol–water partition coefficient (Wildman–Crippen LogP) is 0.384. The first kappa shape index (κ1) is 7.25. The van der Waals surface area contributed by atoms with Crippen molar-refractivity contribution < 1.29 is 14.3 Å². The Hall–Kier alpha value is -0.860. The Labute approximate surface area is 59.4 Å². The fourth-order valence-electron chi connectivity index (χ4n) is 1.06. The van der Waals surface area contributed by atoms with Gasteiger partial charge in [-0.2, -0.15) is 0 Å². The molecule has 1 aliphatic rings. The molecule has 0 aromatic heterocycles. The van der Waals surface area contributed by atoms with Gasteiger partial charge in [0, 0.05) is 5.92 Å². The maximum atomic E-state index is 10.9. The van der Waals surface area contributed by atoms with Gasteiger partial charge in [-0.1, -0.05) is 0 Å². The van der Waals surface area contributed by atoms with Crippen molar-refractivity contribution in [3.8, 4) is 0 Å². The fourth-order valence-corrected chi connectivity index (χ4v) is 1.06. The lowest BCUT2D eigenvalue weighted by atomic mass is 10.1. The summed E-state index contributed by atoms with van der Waals surface area (Å²) in [7, 11) is 1.34. The molecular formula is C7H10O3. The van der Waals surface area contributed by atoms with Crippen LogP contribution in [0.15, 0.2) is 0 Å². The third-order valence-corrected chi connectivity index (χ3v) is 2.12. The minimum absolute atomic E-state index is 0.111. The van der Waals surface area contributed by atoms with Crippen molar-refractivity contribution in [2.45, 2.75) is 13.3 Å². The Morgan fingerprint density at radius 1 is 1.80 bits per heavy atom. The van der Waals surface area contributed by atoms with Gasteiger partial charge in [0.2, 0.25) is 0 Å². The third kappa shape index (κ3) is 0.818. The lowest BCUT2D eigenvalue weighted by Gasteiger charge is -2.03. The molecular weight excluding hydrogens is 132 g/mol. The summed E-state index contributed by atoms with van der Waals surface area (Å²) in [6.45, 7) is 1.75. The monoisotopic (exact) mass is 142 g/mol. The second kappa shape index (κ2) is 2.08. The van der Waals surface area contributed by atoms with Crippen LogP contribution < -0.4 is 0 Å². The molecule has 0 unspecified atom stereocenters. The molecule has 10 heavy (non-hydrogen) atoms. The lowest BCUT2D eigenvalue weighted by Crippen LogP contribution is -2.16. The molecule has 0 aromatic rings. The van der Waals surface area contributed by atoms with E-state index in [0.717, 1.165) is 6.29 Å². The van der Waals surface area contributed by atoms with E-state index < -0.39 is 5.41 Å². The molecule has 0 bridgehead atoms. The number of methoxy groups -OCH3 is 1. The molecule has 0 amide bonds. The van der Waals surface area contributed by atoms with E-state index in [9.17, 15) is 9.59 Å². The van der Waals surface area contributed by atoms with Crippen LogP contribution in [0.25, 0.3) is 0 Å². The zero-order valence-electron chi connectivity index (χ0n) is 6.09. The number of carbonyl (C=O) groups is 2. The summed E-state index contributed by atoms with van der Waals surface area (Å²) >= 11 is 0. The molecule has 0 saturated heterocycles. The molecule has 1 saturated carbocycles. The average molecular weight is 142 g/mol. The molecule has 0 aromatic carbocycles. The second-order valence-electron chi connectivity index (χ2n) is 2.86. The van der Waals surface area contributed by atoms with Crippen molar-refractivity contribution in [2.24, 2.45) is 11.3 Å². The minimum atomic E-state index is -0.503. The van der Waals surface area contributed by atoms with E-state index in [4.69, 9.17) is 0 Å². The molecule has 3 heteroatoms. The van der Waals surface area contributed by atoms with E-state index in [1.807, 2.05) is 0 Å². The summed E-state index contributed by atoms with van der Waals surface area (Å²) < 4.78 is 4.51. The average Bonchev–Trinajstić information content (AvgIpc) is 2.61. The highest BCUT2D eigenvalue weighted by Crippen LogP contribution is 2.51. The Morgan fingerprint density at radius 2 is 2.40 bits per heavy atom. The second-order valence-corrected chi connectivity index (χ2v) is 2.86. The minimum Gasteiger partial charge on any atom is -0.469 e. The Bertz CT molecular complexity index is 176. The summed E-state index contributed by atoms with van der Waals surface area (Å²) in [5, 5.41) is 0. The third-order valence-electron chi connectivity index (χ3n) is 2.12. The fraction of sp³-hybridized carbons (Fsp3) is 0.714. The van der Waals surface area contributed by atoms with Crippen molar-refractivity contribution in [1.29, 1.82) is 0 Å². The van der Waals surface area contributed by atoms with Crippen LogP contribution in [-0.4, -0.2) is 19.4 Å². The van der Waals surface area contributed by atoms with Crippen molar-refractivity contribution in [2.75, 3.05) is 7.11 Å². The first-order valence-corrected chi connectivity index (χ1v) is 3.19. The molecule has 2 atom stereocenters. The zero-order valence-corrected chi connectivity index (χ0v) is 6.09. The smallest absolute Gasteiger partial charge is 0.312 e. The van der Waals surface area contributed by atoms with E-state index in [1.165, 1.54) is 7.11 Å². The summed E-state index contributed by atoms with van der Waals surface area (Å²) in [6, 6.07) is 0. The highest BCUT2D eigenvalue weighted by atomic mass is 16.5. The van der Waals surface area contributed by atoms with Gasteiger partial charge in [0.15, 0.2) is 0 Å². The largest absolute Gasteiger partial charge is 0.469 e. The molecule has 1 aliphatic carbocycles. The number of rotatable bonds is 2. The van der Waals surface area contributed by atoms with Crippen molar-refractivity contribution in [3.63, 3.8) is 0 Å². The maximum Gasteiger partial charge on any atom is 0.312 e. The highest BCUT2D eigenvalue weighted by Gasteiger charge is 2.57. The van der Waals surface area contributed by atoms with Crippen LogP contribution in [0, 0.1) is 11.3 Å². The number of carbonyl (C=O) groups excluding carboxylic acids is 2. The molecule has 0 heterocycles. The van der Waals surface area contributed by atoms with E-state index >= 15 is 0 Å². The van der Waals surface area contributed by atoms with Gasteiger partial charge < -0.3 is 9.53 Å². The maximum absolute atomic E-state index is 10.9. The van der Waals surface area contributed by atoms with Crippen LogP contribution in [0.3, 0.4) is 0 Å². The number of esters is 1. The first-order chi connectivity index (χ1) is 4.65. The molecule has 1 fully saturated rings. The number of ether oxygens (including phenoxy) is 1. The van der Waals surface area contributed by atoms with E-state index in [2.05, 4.69) is 4.74 Å². The Kier molecular flexibility index (Phi) is 1.50. The SMILES string of the molecule is COC(=O)[C@@]1(C)C[C@@H]1C=O. The van der Waals surface area contributed by atoms with Crippen LogP contribution in [0.1, 0.15) is 13.3 Å². The van der Waals surface area contributed by atoms with Gasteiger partial charge in [0.05, 0.1) is 12.5 Å². The van der Waals surface area contributed by atoms with Gasteiger partial charge in [0.25, 0.3) is 0 Å². The van der Waals surface area contributed by atoms with Gasteiger partial charge in [0.1, 0.15) is 6.29 Å². The zero-order chi connectivity index (χ0) is 7.78. The number of hydrogen-bond acceptors (Lipinski definition) is 3. The van der Waals surface area contributed by atoms with Gasteiger partial charge in [-0.3, -0.25) is 4.79 Å². The van der Waals surface area contributed by atoms with Crippen LogP contribution >= 0.6 is 0 Å². The molecule has 0 spiro atoms. The summed E-state index contributed by atoms with van der Waals surface area (Å²) in [5.74, 6) is -0.385. The Morgan fingerprint density at radius 3 is 2.70 bits per heavy atom. The van der Waals surface area contributed by atoms with E-state index in [1.54, 1.807) is 6.92 Å². The molecule has 0 N–H and O–H groups in total. The number of hydrogen-bond donors (Lipinski definition) is 0. The van der Waals surface area contributed by atoms with Crippen LogP contribution in [0.5, 0.6) is 0 Å². The molecule has 56 valence electrons. The normalized spacial score (nSPS) is 36.8. The van der Waals surface area contributed by atoms with Crippen molar-refractivity contribution in [1.82, 2.24) is 0 Å². The topological polar surface area (TPSA) is 43.4 Å². The molecule has 0 radical (unpaired) electrons.